The Morgan fingerprint density at radius 1 is 0.784 bits per heavy atom. The lowest BCUT2D eigenvalue weighted by atomic mass is 9.79. The number of benzene rings is 3. The lowest BCUT2D eigenvalue weighted by molar-refractivity contribution is -0.143. The fraction of sp³-hybridized carbons (Fsp3) is 0.537. The second kappa shape index (κ2) is 17.8. The van der Waals surface area contributed by atoms with Crippen LogP contribution in [0.3, 0.4) is 0 Å². The first-order valence-electron chi connectivity index (χ1n) is 18.5. The van der Waals surface area contributed by atoms with Crippen LogP contribution in [0.25, 0.3) is 0 Å². The Morgan fingerprint density at radius 2 is 1.43 bits per heavy atom. The molecule has 0 spiro atoms. The van der Waals surface area contributed by atoms with Gasteiger partial charge in [0.25, 0.3) is 0 Å². The van der Waals surface area contributed by atoms with Gasteiger partial charge in [0.05, 0.1) is 11.1 Å². The zero-order valence-corrected chi connectivity index (χ0v) is 29.4. The first-order chi connectivity index (χ1) is 24.4. The summed E-state index contributed by atoms with van der Waals surface area (Å²) in [6.07, 6.45) is 2.11. The van der Waals surface area contributed by atoms with Crippen LogP contribution in [0.2, 0.25) is 0 Å². The van der Waals surface area contributed by atoms with Gasteiger partial charge in [-0.25, -0.2) is 0 Å². The van der Waals surface area contributed by atoms with Crippen LogP contribution in [-0.4, -0.2) is 36.5 Å². The third kappa shape index (κ3) is 11.7. The molecule has 51 heavy (non-hydrogen) atoms. The molecule has 2 aliphatic rings. The van der Waals surface area contributed by atoms with Crippen molar-refractivity contribution in [3.8, 4) is 11.5 Å². The Kier molecular flexibility index (Phi) is 13.5. The van der Waals surface area contributed by atoms with Gasteiger partial charge in [0.2, 0.25) is 5.91 Å². The van der Waals surface area contributed by atoms with Crippen molar-refractivity contribution in [1.82, 2.24) is 10.2 Å². The molecule has 1 aliphatic heterocycles. The third-order valence-electron chi connectivity index (χ3n) is 10.7. The number of likely N-dealkylation sites (tertiary alicyclic amines) is 1. The number of hydrogen-bond donors (Lipinski definition) is 1. The number of halogens is 6. The lowest BCUT2D eigenvalue weighted by Gasteiger charge is -2.37. The van der Waals surface area contributed by atoms with E-state index in [4.69, 9.17) is 4.74 Å². The van der Waals surface area contributed by atoms with Crippen molar-refractivity contribution < 1.29 is 35.9 Å². The van der Waals surface area contributed by atoms with Crippen molar-refractivity contribution in [3.05, 3.63) is 95.1 Å². The highest BCUT2D eigenvalue weighted by Crippen LogP contribution is 2.39. The maximum absolute atomic E-state index is 13.7. The van der Waals surface area contributed by atoms with Gasteiger partial charge in [0, 0.05) is 18.5 Å². The summed E-state index contributed by atoms with van der Waals surface area (Å²) in [5, 5.41) is 3.41. The molecule has 3 aromatic carbocycles. The number of rotatable bonds is 14. The van der Waals surface area contributed by atoms with Crippen molar-refractivity contribution in [2.45, 2.75) is 102 Å². The average molecular weight is 717 g/mol. The van der Waals surface area contributed by atoms with E-state index >= 15 is 0 Å². The fourth-order valence-corrected chi connectivity index (χ4v) is 7.65. The molecule has 2 fully saturated rings. The lowest BCUT2D eigenvalue weighted by Crippen LogP contribution is -2.48. The van der Waals surface area contributed by atoms with Gasteiger partial charge in [-0.2, -0.15) is 26.3 Å². The molecule has 0 radical (unpaired) electrons. The molecule has 3 aromatic rings. The summed E-state index contributed by atoms with van der Waals surface area (Å²) in [5.74, 6) is 0.529. The van der Waals surface area contributed by atoms with Crippen LogP contribution in [0.4, 0.5) is 26.3 Å². The van der Waals surface area contributed by atoms with Crippen LogP contribution >= 0.6 is 0 Å². The molecule has 1 heterocycles. The Balaban J connectivity index is 1.27. The summed E-state index contributed by atoms with van der Waals surface area (Å²) in [7, 11) is 0. The quantitative estimate of drug-likeness (QED) is 0.133. The molecule has 1 atom stereocenters. The number of hydrogen-bond acceptors (Lipinski definition) is 3. The molecule has 4 nitrogen and oxygen atoms in total. The molecule has 1 unspecified atom stereocenters. The van der Waals surface area contributed by atoms with Gasteiger partial charge < -0.3 is 15.0 Å². The van der Waals surface area contributed by atoms with E-state index in [0.717, 1.165) is 70.1 Å². The van der Waals surface area contributed by atoms with Gasteiger partial charge in [0.1, 0.15) is 11.5 Å². The monoisotopic (exact) mass is 716 g/mol. The molecular weight excluding hydrogens is 666 g/mol. The number of carbonyl (C=O) groups excluding carboxylic acids is 1. The van der Waals surface area contributed by atoms with Crippen LogP contribution in [0, 0.1) is 17.8 Å². The summed E-state index contributed by atoms with van der Waals surface area (Å²) in [6.45, 7) is 4.99. The minimum atomic E-state index is -4.97. The van der Waals surface area contributed by atoms with Gasteiger partial charge in [-0.05, 0) is 118 Å². The average Bonchev–Trinajstić information content (AvgIpc) is 3.11. The first kappa shape index (κ1) is 38.7. The number of ether oxygens (including phenoxy) is 1. The van der Waals surface area contributed by atoms with E-state index in [1.165, 1.54) is 37.3 Å². The molecule has 1 aliphatic carbocycles. The van der Waals surface area contributed by atoms with Crippen molar-refractivity contribution in [2.24, 2.45) is 17.8 Å². The highest BCUT2D eigenvalue weighted by molar-refractivity contribution is 5.79. The Bertz CT molecular complexity index is 1490. The second-order valence-electron chi connectivity index (χ2n) is 14.4. The van der Waals surface area contributed by atoms with Crippen molar-refractivity contribution in [3.63, 3.8) is 0 Å². The number of nitrogens with zero attached hydrogens (tertiary/aromatic N) is 1. The Hall–Kier alpha value is -3.53. The van der Waals surface area contributed by atoms with E-state index in [1.807, 2.05) is 24.3 Å². The molecule has 1 saturated heterocycles. The predicted molar refractivity (Wildman–Crippen MR) is 187 cm³/mol. The molecular formula is C41H50F6N2O2. The normalized spacial score (nSPS) is 19.8. The first-order valence-corrected chi connectivity index (χ1v) is 18.5. The summed E-state index contributed by atoms with van der Waals surface area (Å²) in [6, 6.07) is 18.1. The van der Waals surface area contributed by atoms with Gasteiger partial charge in [-0.15, -0.1) is 0 Å². The van der Waals surface area contributed by atoms with Crippen LogP contribution in [-0.2, 0) is 30.0 Å². The number of unbranched alkanes of at least 4 members (excludes halogenated alkanes) is 2. The molecule has 1 saturated carbocycles. The second-order valence-corrected chi connectivity index (χ2v) is 14.4. The predicted octanol–water partition coefficient (Wildman–Crippen LogP) is 10.9. The maximum Gasteiger partial charge on any atom is 0.416 e. The number of alkyl halides is 6. The van der Waals surface area contributed by atoms with Crippen molar-refractivity contribution in [1.29, 1.82) is 0 Å². The summed E-state index contributed by atoms with van der Waals surface area (Å²) in [5.41, 5.74) is -0.786. The molecule has 0 bridgehead atoms. The van der Waals surface area contributed by atoms with E-state index in [2.05, 4.69) is 29.3 Å². The van der Waals surface area contributed by atoms with Crippen LogP contribution in [0.5, 0.6) is 11.5 Å². The summed E-state index contributed by atoms with van der Waals surface area (Å²) in [4.78, 5) is 16.2. The van der Waals surface area contributed by atoms with Crippen LogP contribution in [0.15, 0.2) is 72.8 Å². The molecule has 278 valence electrons. The van der Waals surface area contributed by atoms with E-state index in [9.17, 15) is 31.1 Å². The topological polar surface area (TPSA) is 41.6 Å². The van der Waals surface area contributed by atoms with E-state index in [1.54, 1.807) is 12.1 Å². The zero-order chi connectivity index (χ0) is 36.4. The number of amides is 1. The van der Waals surface area contributed by atoms with E-state index in [0.29, 0.717) is 24.5 Å². The summed E-state index contributed by atoms with van der Waals surface area (Å²) < 4.78 is 86.4. The Labute approximate surface area is 298 Å². The highest BCUT2D eigenvalue weighted by atomic mass is 19.4. The SMILES string of the molecule is CCCCCC1CCC(C(=O)NC(Cc2cccc(Oc3cc(C(F)(F)F)cc(C(F)(F)F)c3)c2)C2CCN(CCc3ccccc3)CC2)CC1. The van der Waals surface area contributed by atoms with Crippen LogP contribution < -0.4 is 10.1 Å². The zero-order valence-electron chi connectivity index (χ0n) is 29.4. The molecule has 10 heteroatoms. The van der Waals surface area contributed by atoms with Gasteiger partial charge in [-0.3, -0.25) is 4.79 Å². The summed E-state index contributed by atoms with van der Waals surface area (Å²) >= 11 is 0. The standard InChI is InChI=1S/C41H50F6N2O2/c1-2-3-5-9-30-14-16-33(17-15-30)39(50)48-38(32-19-22-49(23-20-32)21-18-29-10-6-4-7-11-29)25-31-12-8-13-36(24-31)51-37-27-34(40(42,43)44)26-35(28-37)41(45,46)47/h4,6-8,10-13,24,26-28,30,32-33,38H,2-3,5,9,14-23,25H2,1H3,(H,48,50). The molecule has 1 N–H and O–H groups in total. The minimum Gasteiger partial charge on any atom is -0.457 e. The van der Waals surface area contributed by atoms with E-state index < -0.39 is 29.2 Å². The van der Waals surface area contributed by atoms with Crippen LogP contribution in [0.1, 0.15) is 93.4 Å². The maximum atomic E-state index is 13.7. The molecule has 5 rings (SSSR count). The molecule has 0 aromatic heterocycles. The number of carbonyl (C=O) groups is 1. The smallest absolute Gasteiger partial charge is 0.416 e. The van der Waals surface area contributed by atoms with Gasteiger partial charge in [0.15, 0.2) is 0 Å². The van der Waals surface area contributed by atoms with E-state index in [-0.39, 0.29) is 35.6 Å². The number of piperidine rings is 1. The largest absolute Gasteiger partial charge is 0.457 e. The number of nitrogens with one attached hydrogen (secondary N) is 1. The van der Waals surface area contributed by atoms with Gasteiger partial charge in [-0.1, -0.05) is 75.1 Å². The minimum absolute atomic E-state index is 0.0284. The fourth-order valence-electron chi connectivity index (χ4n) is 7.65. The third-order valence-corrected chi connectivity index (χ3v) is 10.7. The Morgan fingerprint density at radius 3 is 2.06 bits per heavy atom. The molecule has 1 amide bonds. The highest BCUT2D eigenvalue weighted by Gasteiger charge is 2.37. The van der Waals surface area contributed by atoms with Gasteiger partial charge >= 0.3 is 12.4 Å². The van der Waals surface area contributed by atoms with Crippen molar-refractivity contribution in [2.75, 3.05) is 19.6 Å². The van der Waals surface area contributed by atoms with Crippen molar-refractivity contribution >= 4 is 5.91 Å².